The number of phenols is 1. The van der Waals surface area contributed by atoms with E-state index in [1.165, 1.54) is 4.88 Å². The summed E-state index contributed by atoms with van der Waals surface area (Å²) in [5, 5.41) is 15.4. The lowest BCUT2D eigenvalue weighted by Crippen LogP contribution is -2.21. The van der Waals surface area contributed by atoms with Gasteiger partial charge in [-0.2, -0.15) is 0 Å². The first-order valence-corrected chi connectivity index (χ1v) is 7.81. The van der Waals surface area contributed by atoms with Crippen LogP contribution >= 0.6 is 11.3 Å². The number of thiophene rings is 1. The van der Waals surface area contributed by atoms with Crippen LogP contribution in [0.25, 0.3) is 0 Å². The molecular weight excluding hydrogens is 268 g/mol. The minimum Gasteiger partial charge on any atom is -0.508 e. The van der Waals surface area contributed by atoms with Crippen molar-refractivity contribution in [2.24, 2.45) is 0 Å². The fourth-order valence-electron chi connectivity index (χ4n) is 2.23. The highest BCUT2D eigenvalue weighted by molar-refractivity contribution is 7.09. The van der Waals surface area contributed by atoms with Crippen molar-refractivity contribution in [3.8, 4) is 5.75 Å². The first kappa shape index (κ1) is 14.9. The minimum absolute atomic E-state index is 0.149. The molecule has 4 heteroatoms. The Balaban J connectivity index is 2.20. The number of benzene rings is 1. The second-order valence-electron chi connectivity index (χ2n) is 4.85. The SMILES string of the molecule is CCN(Cc1cccs1)c1ccc(C(C)NC)c(O)c1. The van der Waals surface area contributed by atoms with Gasteiger partial charge in [-0.3, -0.25) is 0 Å². The van der Waals surface area contributed by atoms with Gasteiger partial charge >= 0.3 is 0 Å². The van der Waals surface area contributed by atoms with Gasteiger partial charge in [0.1, 0.15) is 5.75 Å². The van der Waals surface area contributed by atoms with Crippen molar-refractivity contribution in [1.82, 2.24) is 5.32 Å². The molecule has 0 aliphatic heterocycles. The number of phenolic OH excluding ortho intramolecular Hbond substituents is 1. The summed E-state index contributed by atoms with van der Waals surface area (Å²) >= 11 is 1.76. The van der Waals surface area contributed by atoms with Gasteiger partial charge in [-0.15, -0.1) is 11.3 Å². The van der Waals surface area contributed by atoms with Crippen LogP contribution in [0, 0.1) is 0 Å². The molecule has 0 radical (unpaired) electrons. The van der Waals surface area contributed by atoms with E-state index in [9.17, 15) is 5.11 Å². The maximum atomic E-state index is 10.2. The summed E-state index contributed by atoms with van der Waals surface area (Å²) in [4.78, 5) is 3.60. The summed E-state index contributed by atoms with van der Waals surface area (Å²) in [6.45, 7) is 5.97. The zero-order valence-corrected chi connectivity index (χ0v) is 13.1. The summed E-state index contributed by atoms with van der Waals surface area (Å²) in [6, 6.07) is 10.3. The van der Waals surface area contributed by atoms with Crippen LogP contribution < -0.4 is 10.2 Å². The Hall–Kier alpha value is -1.52. The van der Waals surface area contributed by atoms with Gasteiger partial charge in [0.15, 0.2) is 0 Å². The third-order valence-corrected chi connectivity index (χ3v) is 4.45. The van der Waals surface area contributed by atoms with Crippen LogP contribution in [0.2, 0.25) is 0 Å². The Labute approximate surface area is 124 Å². The molecule has 0 aliphatic rings. The van der Waals surface area contributed by atoms with Crippen molar-refractivity contribution < 1.29 is 5.11 Å². The van der Waals surface area contributed by atoms with Crippen molar-refractivity contribution in [3.63, 3.8) is 0 Å². The number of nitrogens with zero attached hydrogens (tertiary/aromatic N) is 1. The van der Waals surface area contributed by atoms with Gasteiger partial charge in [-0.05, 0) is 38.4 Å². The molecule has 0 saturated carbocycles. The molecule has 0 fully saturated rings. The Morgan fingerprint density at radius 3 is 2.70 bits per heavy atom. The first-order chi connectivity index (χ1) is 9.65. The van der Waals surface area contributed by atoms with Crippen LogP contribution in [0.4, 0.5) is 5.69 Å². The lowest BCUT2D eigenvalue weighted by Gasteiger charge is -2.24. The third kappa shape index (κ3) is 3.32. The molecule has 0 saturated heterocycles. The molecule has 2 rings (SSSR count). The molecule has 0 bridgehead atoms. The molecule has 20 heavy (non-hydrogen) atoms. The van der Waals surface area contributed by atoms with E-state index >= 15 is 0 Å². The van der Waals surface area contributed by atoms with E-state index in [-0.39, 0.29) is 6.04 Å². The van der Waals surface area contributed by atoms with Gasteiger partial charge in [0.05, 0.1) is 6.54 Å². The maximum absolute atomic E-state index is 10.2. The largest absolute Gasteiger partial charge is 0.508 e. The average Bonchev–Trinajstić information content (AvgIpc) is 2.96. The second-order valence-corrected chi connectivity index (χ2v) is 5.88. The molecular formula is C16H22N2OS. The number of rotatable bonds is 6. The van der Waals surface area contributed by atoms with Crippen LogP contribution in [0.15, 0.2) is 35.7 Å². The summed E-state index contributed by atoms with van der Waals surface area (Å²) < 4.78 is 0. The highest BCUT2D eigenvalue weighted by atomic mass is 32.1. The molecule has 0 amide bonds. The van der Waals surface area contributed by atoms with Crippen molar-refractivity contribution in [2.75, 3.05) is 18.5 Å². The van der Waals surface area contributed by atoms with E-state index in [2.05, 4.69) is 40.7 Å². The molecule has 0 aliphatic carbocycles. The van der Waals surface area contributed by atoms with Crippen LogP contribution in [0.1, 0.15) is 30.3 Å². The first-order valence-electron chi connectivity index (χ1n) is 6.93. The van der Waals surface area contributed by atoms with E-state index in [0.29, 0.717) is 5.75 Å². The number of hydrogen-bond donors (Lipinski definition) is 2. The van der Waals surface area contributed by atoms with E-state index in [1.54, 1.807) is 11.3 Å². The molecule has 2 N–H and O–H groups in total. The quantitative estimate of drug-likeness (QED) is 0.850. The zero-order chi connectivity index (χ0) is 14.5. The predicted molar refractivity (Wildman–Crippen MR) is 86.6 cm³/mol. The predicted octanol–water partition coefficient (Wildman–Crippen LogP) is 3.76. The number of nitrogens with one attached hydrogen (secondary N) is 1. The maximum Gasteiger partial charge on any atom is 0.122 e. The molecule has 0 spiro atoms. The zero-order valence-electron chi connectivity index (χ0n) is 12.3. The summed E-state index contributed by atoms with van der Waals surface area (Å²) in [5.74, 6) is 0.356. The summed E-state index contributed by atoms with van der Waals surface area (Å²) in [7, 11) is 1.90. The van der Waals surface area contributed by atoms with Crippen molar-refractivity contribution in [3.05, 3.63) is 46.2 Å². The van der Waals surface area contributed by atoms with Gasteiger partial charge in [0.2, 0.25) is 0 Å². The molecule has 1 heterocycles. The third-order valence-electron chi connectivity index (χ3n) is 3.59. The molecule has 1 atom stereocenters. The molecule has 3 nitrogen and oxygen atoms in total. The summed E-state index contributed by atoms with van der Waals surface area (Å²) in [5.41, 5.74) is 1.99. The van der Waals surface area contributed by atoms with Gasteiger partial charge in [-0.25, -0.2) is 0 Å². The van der Waals surface area contributed by atoms with Crippen LogP contribution in [0.3, 0.4) is 0 Å². The molecule has 1 unspecified atom stereocenters. The molecule has 1 aromatic heterocycles. The Bertz CT molecular complexity index is 539. The van der Waals surface area contributed by atoms with Crippen molar-refractivity contribution >= 4 is 17.0 Å². The van der Waals surface area contributed by atoms with Gasteiger partial charge < -0.3 is 15.3 Å². The molecule has 108 valence electrons. The van der Waals surface area contributed by atoms with Crippen LogP contribution in [0.5, 0.6) is 5.75 Å². The Kier molecular flexibility index (Phi) is 5.04. The second kappa shape index (κ2) is 6.77. The van der Waals surface area contributed by atoms with Crippen molar-refractivity contribution in [1.29, 1.82) is 0 Å². The van der Waals surface area contributed by atoms with Crippen LogP contribution in [-0.2, 0) is 6.54 Å². The number of anilines is 1. The lowest BCUT2D eigenvalue weighted by atomic mass is 10.1. The Morgan fingerprint density at radius 2 is 2.15 bits per heavy atom. The number of hydrogen-bond acceptors (Lipinski definition) is 4. The van der Waals surface area contributed by atoms with Gasteiger partial charge in [0, 0.05) is 34.8 Å². The normalized spacial score (nSPS) is 12.3. The van der Waals surface area contributed by atoms with Gasteiger partial charge in [0.25, 0.3) is 0 Å². The molecule has 1 aromatic carbocycles. The van der Waals surface area contributed by atoms with E-state index < -0.39 is 0 Å². The van der Waals surface area contributed by atoms with Gasteiger partial charge in [-0.1, -0.05) is 12.1 Å². The van der Waals surface area contributed by atoms with E-state index in [1.807, 2.05) is 26.1 Å². The van der Waals surface area contributed by atoms with E-state index in [4.69, 9.17) is 0 Å². The smallest absolute Gasteiger partial charge is 0.122 e. The lowest BCUT2D eigenvalue weighted by molar-refractivity contribution is 0.458. The monoisotopic (exact) mass is 290 g/mol. The average molecular weight is 290 g/mol. The molecule has 2 aromatic rings. The standard InChI is InChI=1S/C16H22N2OS/c1-4-18(11-14-6-5-9-20-14)13-7-8-15(12(2)17-3)16(19)10-13/h5-10,12,17,19H,4,11H2,1-3H3. The van der Waals surface area contributed by atoms with E-state index in [0.717, 1.165) is 24.3 Å². The number of aromatic hydroxyl groups is 1. The fourth-order valence-corrected chi connectivity index (χ4v) is 2.95. The Morgan fingerprint density at radius 1 is 1.35 bits per heavy atom. The summed E-state index contributed by atoms with van der Waals surface area (Å²) in [6.07, 6.45) is 0. The van der Waals surface area contributed by atoms with Crippen molar-refractivity contribution in [2.45, 2.75) is 26.4 Å². The minimum atomic E-state index is 0.149. The fraction of sp³-hybridized carbons (Fsp3) is 0.375. The van der Waals surface area contributed by atoms with Crippen LogP contribution in [-0.4, -0.2) is 18.7 Å². The topological polar surface area (TPSA) is 35.5 Å². The highest BCUT2D eigenvalue weighted by Gasteiger charge is 2.12. The highest BCUT2D eigenvalue weighted by Crippen LogP contribution is 2.29.